The minimum absolute atomic E-state index is 0.204. The minimum atomic E-state index is -0.278. The summed E-state index contributed by atoms with van der Waals surface area (Å²) in [5.41, 5.74) is 2.87. The lowest BCUT2D eigenvalue weighted by atomic mass is 10.2. The number of carbonyl (C=O) groups excluding carboxylic acids is 1. The highest BCUT2D eigenvalue weighted by Gasteiger charge is 2.06. The monoisotopic (exact) mass is 230 g/mol. The zero-order valence-electron chi connectivity index (χ0n) is 9.88. The Kier molecular flexibility index (Phi) is 3.23. The van der Waals surface area contributed by atoms with Gasteiger partial charge in [0.05, 0.1) is 24.9 Å². The molecule has 0 unspecified atom stereocenters. The average Bonchev–Trinajstić information content (AvgIpc) is 2.77. The first kappa shape index (κ1) is 11.4. The van der Waals surface area contributed by atoms with Crippen molar-refractivity contribution < 1.29 is 9.53 Å². The molecule has 2 rings (SSSR count). The van der Waals surface area contributed by atoms with Gasteiger partial charge in [-0.3, -0.25) is 4.79 Å². The van der Waals surface area contributed by atoms with Crippen LogP contribution in [0.1, 0.15) is 11.3 Å². The third kappa shape index (κ3) is 2.72. The molecule has 0 aliphatic rings. The molecule has 0 spiro atoms. The highest BCUT2D eigenvalue weighted by atomic mass is 16.5. The standard InChI is InChI=1S/C13H14N2O2/c1-10-4-3-5-12(8-10)15-7-6-11(14-15)9-13(16)17-2/h3-8H,9H2,1-2H3. The molecule has 0 N–H and O–H groups in total. The molecular weight excluding hydrogens is 216 g/mol. The maximum Gasteiger partial charge on any atom is 0.311 e. The second-order valence-corrected chi connectivity index (χ2v) is 3.84. The highest BCUT2D eigenvalue weighted by molar-refractivity contribution is 5.71. The molecule has 88 valence electrons. The van der Waals surface area contributed by atoms with E-state index in [1.165, 1.54) is 12.7 Å². The van der Waals surface area contributed by atoms with E-state index in [1.807, 2.05) is 43.5 Å². The largest absolute Gasteiger partial charge is 0.469 e. The fourth-order valence-electron chi connectivity index (χ4n) is 1.59. The van der Waals surface area contributed by atoms with Crippen molar-refractivity contribution in [3.05, 3.63) is 47.8 Å². The Bertz CT molecular complexity index is 532. The van der Waals surface area contributed by atoms with Crippen LogP contribution in [-0.4, -0.2) is 22.9 Å². The van der Waals surface area contributed by atoms with Crippen LogP contribution in [0.15, 0.2) is 36.5 Å². The molecule has 0 bridgehead atoms. The second-order valence-electron chi connectivity index (χ2n) is 3.84. The van der Waals surface area contributed by atoms with Gasteiger partial charge in [0, 0.05) is 6.20 Å². The number of aromatic nitrogens is 2. The summed E-state index contributed by atoms with van der Waals surface area (Å²) >= 11 is 0. The maximum atomic E-state index is 11.1. The quantitative estimate of drug-likeness (QED) is 0.756. The van der Waals surface area contributed by atoms with Gasteiger partial charge in [-0.25, -0.2) is 4.68 Å². The van der Waals surface area contributed by atoms with E-state index in [2.05, 4.69) is 9.84 Å². The summed E-state index contributed by atoms with van der Waals surface area (Å²) in [6.07, 6.45) is 2.04. The van der Waals surface area contributed by atoms with Gasteiger partial charge in [0.1, 0.15) is 0 Å². The number of esters is 1. The van der Waals surface area contributed by atoms with E-state index in [0.717, 1.165) is 5.69 Å². The average molecular weight is 230 g/mol. The van der Waals surface area contributed by atoms with Crippen molar-refractivity contribution in [3.8, 4) is 5.69 Å². The van der Waals surface area contributed by atoms with E-state index in [1.54, 1.807) is 4.68 Å². The Labute approximate surface area is 99.8 Å². The lowest BCUT2D eigenvalue weighted by molar-refractivity contribution is -0.139. The van der Waals surface area contributed by atoms with Gasteiger partial charge in [0.2, 0.25) is 0 Å². The third-order valence-corrected chi connectivity index (χ3v) is 2.46. The van der Waals surface area contributed by atoms with Gasteiger partial charge in [0.25, 0.3) is 0 Å². The number of nitrogens with zero attached hydrogens (tertiary/aromatic N) is 2. The SMILES string of the molecule is COC(=O)Cc1ccn(-c2cccc(C)c2)n1. The number of rotatable bonds is 3. The molecule has 4 nitrogen and oxygen atoms in total. The normalized spacial score (nSPS) is 10.2. The number of methoxy groups -OCH3 is 1. The summed E-state index contributed by atoms with van der Waals surface area (Å²) in [5, 5.41) is 4.33. The minimum Gasteiger partial charge on any atom is -0.469 e. The van der Waals surface area contributed by atoms with Crippen LogP contribution in [0.5, 0.6) is 0 Å². The molecule has 0 aliphatic carbocycles. The van der Waals surface area contributed by atoms with E-state index in [9.17, 15) is 4.79 Å². The predicted octanol–water partition coefficient (Wildman–Crippen LogP) is 1.90. The van der Waals surface area contributed by atoms with Crippen LogP contribution in [0, 0.1) is 6.92 Å². The fourth-order valence-corrected chi connectivity index (χ4v) is 1.59. The van der Waals surface area contributed by atoms with Crippen LogP contribution in [0.3, 0.4) is 0 Å². The van der Waals surface area contributed by atoms with Crippen molar-refractivity contribution in [1.29, 1.82) is 0 Å². The van der Waals surface area contributed by atoms with Crippen LogP contribution >= 0.6 is 0 Å². The van der Waals surface area contributed by atoms with E-state index in [-0.39, 0.29) is 12.4 Å². The van der Waals surface area contributed by atoms with E-state index in [4.69, 9.17) is 0 Å². The van der Waals surface area contributed by atoms with Gasteiger partial charge in [-0.15, -0.1) is 0 Å². The number of carbonyl (C=O) groups is 1. The van der Waals surface area contributed by atoms with Crippen molar-refractivity contribution in [1.82, 2.24) is 9.78 Å². The molecule has 0 aliphatic heterocycles. The van der Waals surface area contributed by atoms with Crippen molar-refractivity contribution in [2.24, 2.45) is 0 Å². The molecule has 0 amide bonds. The van der Waals surface area contributed by atoms with E-state index >= 15 is 0 Å². The molecule has 0 fully saturated rings. The van der Waals surface area contributed by atoms with E-state index in [0.29, 0.717) is 5.69 Å². The van der Waals surface area contributed by atoms with Crippen molar-refractivity contribution in [2.75, 3.05) is 7.11 Å². The molecule has 0 saturated heterocycles. The summed E-state index contributed by atoms with van der Waals surface area (Å²) in [6, 6.07) is 9.84. The molecule has 1 aromatic carbocycles. The van der Waals surface area contributed by atoms with Gasteiger partial charge in [-0.1, -0.05) is 12.1 Å². The lowest BCUT2D eigenvalue weighted by Gasteiger charge is -2.02. The molecular formula is C13H14N2O2. The van der Waals surface area contributed by atoms with Gasteiger partial charge in [-0.05, 0) is 30.7 Å². The zero-order valence-corrected chi connectivity index (χ0v) is 9.88. The summed E-state index contributed by atoms with van der Waals surface area (Å²) in [6.45, 7) is 2.03. The number of benzene rings is 1. The highest BCUT2D eigenvalue weighted by Crippen LogP contribution is 2.10. The van der Waals surface area contributed by atoms with Crippen molar-refractivity contribution >= 4 is 5.97 Å². The lowest BCUT2D eigenvalue weighted by Crippen LogP contribution is -2.05. The Morgan fingerprint density at radius 3 is 2.94 bits per heavy atom. The molecule has 17 heavy (non-hydrogen) atoms. The summed E-state index contributed by atoms with van der Waals surface area (Å²) in [4.78, 5) is 11.1. The molecule has 4 heteroatoms. The topological polar surface area (TPSA) is 44.1 Å². The first-order valence-corrected chi connectivity index (χ1v) is 5.37. The van der Waals surface area contributed by atoms with Crippen LogP contribution in [-0.2, 0) is 16.0 Å². The van der Waals surface area contributed by atoms with Crippen molar-refractivity contribution in [2.45, 2.75) is 13.3 Å². The van der Waals surface area contributed by atoms with Gasteiger partial charge in [-0.2, -0.15) is 5.10 Å². The molecule has 0 radical (unpaired) electrons. The summed E-state index contributed by atoms with van der Waals surface area (Å²) in [5.74, 6) is -0.278. The number of hydrogen-bond acceptors (Lipinski definition) is 3. The summed E-state index contributed by atoms with van der Waals surface area (Å²) in [7, 11) is 1.37. The van der Waals surface area contributed by atoms with Crippen LogP contribution < -0.4 is 0 Å². The summed E-state index contributed by atoms with van der Waals surface area (Å²) < 4.78 is 6.36. The predicted molar refractivity (Wildman–Crippen MR) is 64.0 cm³/mol. The molecule has 2 aromatic rings. The van der Waals surface area contributed by atoms with Crippen LogP contribution in [0.2, 0.25) is 0 Å². The zero-order chi connectivity index (χ0) is 12.3. The van der Waals surface area contributed by atoms with Crippen molar-refractivity contribution in [3.63, 3.8) is 0 Å². The second kappa shape index (κ2) is 4.82. The maximum absolute atomic E-state index is 11.1. The van der Waals surface area contributed by atoms with Gasteiger partial charge >= 0.3 is 5.97 Å². The Hall–Kier alpha value is -2.10. The third-order valence-electron chi connectivity index (χ3n) is 2.46. The van der Waals surface area contributed by atoms with Gasteiger partial charge in [0.15, 0.2) is 0 Å². The van der Waals surface area contributed by atoms with Gasteiger partial charge < -0.3 is 4.74 Å². The first-order valence-electron chi connectivity index (χ1n) is 5.37. The number of aryl methyl sites for hydroxylation is 1. The molecule has 1 aromatic heterocycles. The van der Waals surface area contributed by atoms with Crippen LogP contribution in [0.25, 0.3) is 5.69 Å². The number of hydrogen-bond donors (Lipinski definition) is 0. The molecule has 0 atom stereocenters. The Morgan fingerprint density at radius 2 is 2.24 bits per heavy atom. The first-order chi connectivity index (χ1) is 8.19. The molecule has 0 saturated carbocycles. The molecule has 1 heterocycles. The smallest absolute Gasteiger partial charge is 0.311 e. The number of ether oxygens (including phenoxy) is 1. The Morgan fingerprint density at radius 1 is 1.41 bits per heavy atom. The van der Waals surface area contributed by atoms with E-state index < -0.39 is 0 Å². The van der Waals surface area contributed by atoms with Crippen LogP contribution in [0.4, 0.5) is 0 Å². The fraction of sp³-hybridized carbons (Fsp3) is 0.231. The Balaban J connectivity index is 2.21.